The smallest absolute Gasteiger partial charge is 0.306 e. The largest absolute Gasteiger partial charge is 0.462 e. The van der Waals surface area contributed by atoms with Gasteiger partial charge in [0.25, 0.3) is 0 Å². The summed E-state index contributed by atoms with van der Waals surface area (Å²) in [6.07, 6.45) is 49.4. The van der Waals surface area contributed by atoms with E-state index in [1.807, 2.05) is 0 Å². The van der Waals surface area contributed by atoms with Gasteiger partial charge in [0, 0.05) is 19.3 Å². The Kier molecular flexibility index (Phi) is 46.2. The number of hydrogen-bond donors (Lipinski definition) is 0. The molecule has 59 heavy (non-hydrogen) atoms. The van der Waals surface area contributed by atoms with Gasteiger partial charge in [0.15, 0.2) is 6.10 Å². The molecule has 0 aromatic rings. The van der Waals surface area contributed by atoms with Crippen LogP contribution in [0, 0.1) is 5.92 Å². The van der Waals surface area contributed by atoms with Crippen LogP contribution < -0.4 is 0 Å². The minimum absolute atomic E-state index is 0.0628. The van der Waals surface area contributed by atoms with E-state index in [2.05, 4.69) is 27.7 Å². The van der Waals surface area contributed by atoms with E-state index < -0.39 is 6.10 Å². The molecule has 1 unspecified atom stereocenters. The molecule has 0 saturated carbocycles. The summed E-state index contributed by atoms with van der Waals surface area (Å²) in [6.45, 7) is 9.04. The van der Waals surface area contributed by atoms with Crippen molar-refractivity contribution in [3.05, 3.63) is 0 Å². The molecule has 0 heterocycles. The molecule has 0 aliphatic carbocycles. The number of ether oxygens (including phenoxy) is 3. The molecular weight excluding hydrogens is 733 g/mol. The number of esters is 3. The van der Waals surface area contributed by atoms with Gasteiger partial charge in [-0.1, -0.05) is 259 Å². The molecule has 6 heteroatoms. The zero-order chi connectivity index (χ0) is 43.1. The molecule has 0 aliphatic rings. The molecular formula is C53H102O6. The van der Waals surface area contributed by atoms with Gasteiger partial charge < -0.3 is 14.2 Å². The maximum atomic E-state index is 12.7. The molecule has 0 aromatic carbocycles. The minimum atomic E-state index is -0.760. The normalized spacial score (nSPS) is 12.4. The first kappa shape index (κ1) is 57.4. The molecule has 0 spiro atoms. The molecule has 0 aliphatic heterocycles. The summed E-state index contributed by atoms with van der Waals surface area (Å²) < 4.78 is 16.8. The van der Waals surface area contributed by atoms with E-state index in [9.17, 15) is 14.4 Å². The fourth-order valence-corrected chi connectivity index (χ4v) is 8.01. The number of carbonyl (C=O) groups excluding carboxylic acids is 3. The molecule has 0 bridgehead atoms. The highest BCUT2D eigenvalue weighted by atomic mass is 16.6. The van der Waals surface area contributed by atoms with Gasteiger partial charge in [0.1, 0.15) is 13.2 Å². The maximum absolute atomic E-state index is 12.7. The summed E-state index contributed by atoms with van der Waals surface area (Å²) >= 11 is 0. The Morgan fingerprint density at radius 1 is 0.339 bits per heavy atom. The van der Waals surface area contributed by atoms with Gasteiger partial charge >= 0.3 is 17.9 Å². The highest BCUT2D eigenvalue weighted by Gasteiger charge is 2.19. The van der Waals surface area contributed by atoms with Crippen molar-refractivity contribution in [2.75, 3.05) is 13.2 Å². The van der Waals surface area contributed by atoms with Crippen LogP contribution in [0.5, 0.6) is 0 Å². The van der Waals surface area contributed by atoms with E-state index in [-0.39, 0.29) is 31.1 Å². The van der Waals surface area contributed by atoms with Crippen molar-refractivity contribution in [2.45, 2.75) is 303 Å². The first-order chi connectivity index (χ1) is 28.9. The highest BCUT2D eigenvalue weighted by Crippen LogP contribution is 2.18. The number of carbonyl (C=O) groups is 3. The van der Waals surface area contributed by atoms with Crippen LogP contribution in [-0.2, 0) is 28.6 Å². The molecule has 0 aromatic heterocycles. The number of unbranched alkanes of at least 4 members (excludes halogenated alkanes) is 34. The van der Waals surface area contributed by atoms with Crippen molar-refractivity contribution in [1.82, 2.24) is 0 Å². The van der Waals surface area contributed by atoms with Gasteiger partial charge in [0.2, 0.25) is 0 Å². The summed E-state index contributed by atoms with van der Waals surface area (Å²) in [4.78, 5) is 37.9. The molecule has 0 saturated heterocycles. The third-order valence-corrected chi connectivity index (χ3v) is 12.4. The van der Waals surface area contributed by atoms with Gasteiger partial charge in [0.05, 0.1) is 0 Å². The minimum Gasteiger partial charge on any atom is -0.462 e. The van der Waals surface area contributed by atoms with Crippen molar-refractivity contribution in [2.24, 2.45) is 5.92 Å². The first-order valence-corrected chi connectivity index (χ1v) is 26.4. The summed E-state index contributed by atoms with van der Waals surface area (Å²) in [5.41, 5.74) is 0. The van der Waals surface area contributed by atoms with Gasteiger partial charge in [-0.15, -0.1) is 0 Å². The average Bonchev–Trinajstić information content (AvgIpc) is 3.23. The fraction of sp³-hybridized carbons (Fsp3) is 0.943. The maximum Gasteiger partial charge on any atom is 0.306 e. The second-order valence-electron chi connectivity index (χ2n) is 18.4. The van der Waals surface area contributed by atoms with E-state index >= 15 is 0 Å². The fourth-order valence-electron chi connectivity index (χ4n) is 8.01. The molecule has 0 fully saturated rings. The average molecular weight is 835 g/mol. The quantitative estimate of drug-likeness (QED) is 0.0345. The Hall–Kier alpha value is -1.59. The lowest BCUT2D eigenvalue weighted by molar-refractivity contribution is -0.167. The summed E-state index contributed by atoms with van der Waals surface area (Å²) in [7, 11) is 0. The summed E-state index contributed by atoms with van der Waals surface area (Å²) in [5.74, 6) is 0.0247. The lowest BCUT2D eigenvalue weighted by Gasteiger charge is -2.18. The van der Waals surface area contributed by atoms with E-state index in [1.54, 1.807) is 0 Å². The van der Waals surface area contributed by atoms with Crippen molar-refractivity contribution < 1.29 is 28.6 Å². The first-order valence-electron chi connectivity index (χ1n) is 26.4. The summed E-state index contributed by atoms with van der Waals surface area (Å²) in [6, 6.07) is 0. The lowest BCUT2D eigenvalue weighted by atomic mass is 9.99. The monoisotopic (exact) mass is 835 g/mol. The molecule has 0 rings (SSSR count). The van der Waals surface area contributed by atoms with Crippen LogP contribution in [0.1, 0.15) is 297 Å². The van der Waals surface area contributed by atoms with Crippen LogP contribution in [0.4, 0.5) is 0 Å². The van der Waals surface area contributed by atoms with Gasteiger partial charge in [-0.3, -0.25) is 14.4 Å². The number of hydrogen-bond acceptors (Lipinski definition) is 6. The zero-order valence-electron chi connectivity index (χ0n) is 40.2. The molecule has 6 nitrogen and oxygen atoms in total. The predicted octanol–water partition coefficient (Wildman–Crippen LogP) is 17.1. The third-order valence-electron chi connectivity index (χ3n) is 12.4. The number of rotatable bonds is 48. The van der Waals surface area contributed by atoms with Crippen molar-refractivity contribution in [3.63, 3.8) is 0 Å². The van der Waals surface area contributed by atoms with Crippen LogP contribution in [0.2, 0.25) is 0 Å². The van der Waals surface area contributed by atoms with E-state index in [0.717, 1.165) is 63.7 Å². The third kappa shape index (κ3) is 45.8. The van der Waals surface area contributed by atoms with Crippen molar-refractivity contribution in [1.29, 1.82) is 0 Å². The van der Waals surface area contributed by atoms with Crippen LogP contribution >= 0.6 is 0 Å². The molecule has 0 radical (unpaired) electrons. The SMILES string of the molecule is CCCCCCCCCCCCCCCCCCCC(=O)OC[C@H](COC(=O)CCCCCCCCCCCCC(C)CC)OC(=O)CCCCCCCCCCCC. The van der Waals surface area contributed by atoms with Gasteiger partial charge in [-0.25, -0.2) is 0 Å². The van der Waals surface area contributed by atoms with Gasteiger partial charge in [-0.05, 0) is 25.2 Å². The molecule has 2 atom stereocenters. The van der Waals surface area contributed by atoms with Crippen molar-refractivity contribution in [3.8, 4) is 0 Å². The van der Waals surface area contributed by atoms with Crippen LogP contribution in [0.3, 0.4) is 0 Å². The Morgan fingerprint density at radius 2 is 0.593 bits per heavy atom. The van der Waals surface area contributed by atoms with Crippen LogP contribution in [0.25, 0.3) is 0 Å². The Bertz CT molecular complexity index is 889. The second-order valence-corrected chi connectivity index (χ2v) is 18.4. The summed E-state index contributed by atoms with van der Waals surface area (Å²) in [5, 5.41) is 0. The topological polar surface area (TPSA) is 78.9 Å². The molecule has 350 valence electrons. The van der Waals surface area contributed by atoms with Gasteiger partial charge in [-0.2, -0.15) is 0 Å². The Morgan fingerprint density at radius 3 is 0.881 bits per heavy atom. The van der Waals surface area contributed by atoms with E-state index in [4.69, 9.17) is 14.2 Å². The molecule has 0 amide bonds. The Balaban J connectivity index is 4.25. The van der Waals surface area contributed by atoms with E-state index in [1.165, 1.54) is 193 Å². The highest BCUT2D eigenvalue weighted by molar-refractivity contribution is 5.71. The Labute approximate surface area is 368 Å². The molecule has 0 N–H and O–H groups in total. The second kappa shape index (κ2) is 47.5. The standard InChI is InChI=1S/C53H102O6/c1-5-8-10-12-14-16-18-19-20-21-22-23-24-29-32-36-40-44-51(54)57-47-50(59-53(56)46-42-38-34-28-17-15-13-11-9-6-2)48-58-52(55)45-41-37-33-30-26-25-27-31-35-39-43-49(4)7-3/h49-50H,5-48H2,1-4H3/t49?,50-/m1/s1. The zero-order valence-corrected chi connectivity index (χ0v) is 40.2. The van der Waals surface area contributed by atoms with Crippen LogP contribution in [-0.4, -0.2) is 37.2 Å². The lowest BCUT2D eigenvalue weighted by Crippen LogP contribution is -2.30. The van der Waals surface area contributed by atoms with Crippen LogP contribution in [0.15, 0.2) is 0 Å². The predicted molar refractivity (Wildman–Crippen MR) is 252 cm³/mol. The van der Waals surface area contributed by atoms with Crippen molar-refractivity contribution >= 4 is 17.9 Å². The van der Waals surface area contributed by atoms with E-state index in [0.29, 0.717) is 19.3 Å².